The molecule has 92 valence electrons. The van der Waals surface area contributed by atoms with E-state index in [1.165, 1.54) is 19.0 Å². The molecule has 1 aromatic heterocycles. The lowest BCUT2D eigenvalue weighted by molar-refractivity contribution is 0.0697. The average Bonchev–Trinajstić information content (AvgIpc) is 3.09. The van der Waals surface area contributed by atoms with Crippen molar-refractivity contribution in [3.05, 3.63) is 24.0 Å². The van der Waals surface area contributed by atoms with E-state index in [0.29, 0.717) is 17.2 Å². The third-order valence-corrected chi connectivity index (χ3v) is 3.12. The van der Waals surface area contributed by atoms with Crippen molar-refractivity contribution in [2.45, 2.75) is 32.7 Å². The first-order valence-electron chi connectivity index (χ1n) is 6.10. The van der Waals surface area contributed by atoms with Crippen molar-refractivity contribution in [3.63, 3.8) is 0 Å². The van der Waals surface area contributed by atoms with Crippen LogP contribution in [0.15, 0.2) is 18.5 Å². The van der Waals surface area contributed by atoms with Gasteiger partial charge < -0.3 is 10.6 Å². The van der Waals surface area contributed by atoms with E-state index in [9.17, 15) is 4.79 Å². The zero-order chi connectivity index (χ0) is 12.4. The van der Waals surface area contributed by atoms with Crippen LogP contribution in [0.4, 0.5) is 5.69 Å². The van der Waals surface area contributed by atoms with Gasteiger partial charge in [-0.1, -0.05) is 0 Å². The minimum atomic E-state index is 0.0202. The Morgan fingerprint density at radius 3 is 2.82 bits per heavy atom. The molecule has 4 heteroatoms. The summed E-state index contributed by atoms with van der Waals surface area (Å²) in [5.74, 6) is 0.705. The van der Waals surface area contributed by atoms with Gasteiger partial charge in [0.2, 0.25) is 0 Å². The molecule has 1 amide bonds. The minimum absolute atomic E-state index is 0.0202. The van der Waals surface area contributed by atoms with Crippen molar-refractivity contribution in [2.75, 3.05) is 12.3 Å². The number of nitrogen functional groups attached to an aromatic ring is 1. The molecule has 1 aliphatic rings. The predicted molar refractivity (Wildman–Crippen MR) is 67.5 cm³/mol. The first kappa shape index (κ1) is 11.9. The lowest BCUT2D eigenvalue weighted by atomic mass is 10.1. The van der Waals surface area contributed by atoms with Crippen LogP contribution in [-0.4, -0.2) is 28.4 Å². The molecule has 1 heterocycles. The van der Waals surface area contributed by atoms with Crippen LogP contribution in [0.3, 0.4) is 0 Å². The number of aromatic nitrogens is 1. The molecular weight excluding hydrogens is 214 g/mol. The van der Waals surface area contributed by atoms with E-state index < -0.39 is 0 Å². The summed E-state index contributed by atoms with van der Waals surface area (Å²) in [6.07, 6.45) is 5.62. The summed E-state index contributed by atoms with van der Waals surface area (Å²) in [6, 6.07) is 1.90. The van der Waals surface area contributed by atoms with Crippen LogP contribution in [0, 0.1) is 5.92 Å². The Morgan fingerprint density at radius 1 is 1.59 bits per heavy atom. The number of carbonyl (C=O) groups excluding carboxylic acids is 1. The standard InChI is InChI=1S/C13H19N3O/c1-9(2)16(8-10-3-4-10)13(17)11-5-6-15-7-12(11)14/h5-7,9-10H,3-4,8,14H2,1-2H3. The Hall–Kier alpha value is -1.58. The molecule has 4 nitrogen and oxygen atoms in total. The number of carbonyl (C=O) groups is 1. The number of rotatable bonds is 4. The summed E-state index contributed by atoms with van der Waals surface area (Å²) in [5, 5.41) is 0. The highest BCUT2D eigenvalue weighted by Gasteiger charge is 2.29. The highest BCUT2D eigenvalue weighted by Crippen LogP contribution is 2.31. The SMILES string of the molecule is CC(C)N(CC1CC1)C(=O)c1ccncc1N. The van der Waals surface area contributed by atoms with E-state index in [0.717, 1.165) is 6.54 Å². The summed E-state index contributed by atoms with van der Waals surface area (Å²) in [7, 11) is 0. The second kappa shape index (κ2) is 4.73. The topological polar surface area (TPSA) is 59.2 Å². The Bertz CT molecular complexity index is 413. The van der Waals surface area contributed by atoms with Crippen molar-refractivity contribution in [2.24, 2.45) is 5.92 Å². The molecule has 1 fully saturated rings. The van der Waals surface area contributed by atoms with Crippen molar-refractivity contribution in [3.8, 4) is 0 Å². The summed E-state index contributed by atoms with van der Waals surface area (Å²) < 4.78 is 0. The smallest absolute Gasteiger partial charge is 0.256 e. The number of amides is 1. The van der Waals surface area contributed by atoms with Crippen LogP contribution < -0.4 is 5.73 Å². The number of anilines is 1. The fourth-order valence-electron chi connectivity index (χ4n) is 1.86. The summed E-state index contributed by atoms with van der Waals surface area (Å²) in [6.45, 7) is 4.92. The van der Waals surface area contributed by atoms with Gasteiger partial charge in [-0.25, -0.2) is 0 Å². The lowest BCUT2D eigenvalue weighted by Gasteiger charge is -2.27. The van der Waals surface area contributed by atoms with Crippen molar-refractivity contribution in [1.82, 2.24) is 9.88 Å². The van der Waals surface area contributed by atoms with E-state index in [4.69, 9.17) is 5.73 Å². The van der Waals surface area contributed by atoms with Gasteiger partial charge in [-0.05, 0) is 38.7 Å². The second-order valence-electron chi connectivity index (χ2n) is 4.96. The first-order chi connectivity index (χ1) is 8.09. The van der Waals surface area contributed by atoms with Crippen molar-refractivity contribution >= 4 is 11.6 Å². The Morgan fingerprint density at radius 2 is 2.29 bits per heavy atom. The zero-order valence-electron chi connectivity index (χ0n) is 10.4. The second-order valence-corrected chi connectivity index (χ2v) is 4.96. The maximum absolute atomic E-state index is 12.4. The van der Waals surface area contributed by atoms with Crippen molar-refractivity contribution in [1.29, 1.82) is 0 Å². The quantitative estimate of drug-likeness (QED) is 0.864. The third-order valence-electron chi connectivity index (χ3n) is 3.12. The normalized spacial score (nSPS) is 15.0. The van der Waals surface area contributed by atoms with Gasteiger partial charge >= 0.3 is 0 Å². The first-order valence-corrected chi connectivity index (χ1v) is 6.10. The van der Waals surface area contributed by atoms with Crippen LogP contribution in [0.25, 0.3) is 0 Å². The molecule has 1 saturated carbocycles. The van der Waals surface area contributed by atoms with Gasteiger partial charge in [0.1, 0.15) is 0 Å². The molecular formula is C13H19N3O. The summed E-state index contributed by atoms with van der Waals surface area (Å²) >= 11 is 0. The van der Waals surface area contributed by atoms with Gasteiger partial charge in [-0.15, -0.1) is 0 Å². The van der Waals surface area contributed by atoms with E-state index in [-0.39, 0.29) is 11.9 Å². The highest BCUT2D eigenvalue weighted by molar-refractivity contribution is 5.99. The molecule has 1 aromatic rings. The zero-order valence-corrected chi connectivity index (χ0v) is 10.4. The molecule has 0 atom stereocenters. The van der Waals surface area contributed by atoms with Crippen LogP contribution in [0.1, 0.15) is 37.0 Å². The van der Waals surface area contributed by atoms with Crippen LogP contribution in [0.5, 0.6) is 0 Å². The van der Waals surface area contributed by atoms with E-state index >= 15 is 0 Å². The fourth-order valence-corrected chi connectivity index (χ4v) is 1.86. The van der Waals surface area contributed by atoms with Gasteiger partial charge in [-0.3, -0.25) is 9.78 Å². The molecule has 0 radical (unpaired) electrons. The monoisotopic (exact) mass is 233 g/mol. The Kier molecular flexibility index (Phi) is 3.31. The molecule has 0 spiro atoms. The maximum atomic E-state index is 12.4. The van der Waals surface area contributed by atoms with Crippen molar-refractivity contribution < 1.29 is 4.79 Å². The van der Waals surface area contributed by atoms with Crippen LogP contribution >= 0.6 is 0 Å². The van der Waals surface area contributed by atoms with Gasteiger partial charge in [0.15, 0.2) is 0 Å². The molecule has 0 unspecified atom stereocenters. The molecule has 0 saturated heterocycles. The molecule has 0 aromatic carbocycles. The number of hydrogen-bond donors (Lipinski definition) is 1. The predicted octanol–water partition coefficient (Wildman–Crippen LogP) is 1.92. The molecule has 2 N–H and O–H groups in total. The van der Waals surface area contributed by atoms with E-state index in [1.54, 1.807) is 12.3 Å². The van der Waals surface area contributed by atoms with Gasteiger partial charge in [0.05, 0.1) is 17.4 Å². The minimum Gasteiger partial charge on any atom is -0.397 e. The summed E-state index contributed by atoms with van der Waals surface area (Å²) in [4.78, 5) is 18.2. The highest BCUT2D eigenvalue weighted by atomic mass is 16.2. The lowest BCUT2D eigenvalue weighted by Crippen LogP contribution is -2.38. The molecule has 1 aliphatic carbocycles. The maximum Gasteiger partial charge on any atom is 0.256 e. The van der Waals surface area contributed by atoms with Crippen LogP contribution in [-0.2, 0) is 0 Å². The average molecular weight is 233 g/mol. The number of pyridine rings is 1. The molecule has 0 aliphatic heterocycles. The summed E-state index contributed by atoms with van der Waals surface area (Å²) in [5.41, 5.74) is 6.82. The number of nitrogens with two attached hydrogens (primary N) is 1. The van der Waals surface area contributed by atoms with E-state index in [2.05, 4.69) is 4.98 Å². The van der Waals surface area contributed by atoms with Gasteiger partial charge in [0.25, 0.3) is 5.91 Å². The largest absolute Gasteiger partial charge is 0.397 e. The number of hydrogen-bond acceptors (Lipinski definition) is 3. The Balaban J connectivity index is 2.18. The molecule has 17 heavy (non-hydrogen) atoms. The Labute approximate surface area is 102 Å². The van der Waals surface area contributed by atoms with Crippen LogP contribution in [0.2, 0.25) is 0 Å². The molecule has 2 rings (SSSR count). The third kappa shape index (κ3) is 2.75. The fraction of sp³-hybridized carbons (Fsp3) is 0.538. The molecule has 0 bridgehead atoms. The van der Waals surface area contributed by atoms with E-state index in [1.807, 2.05) is 18.7 Å². The van der Waals surface area contributed by atoms with Gasteiger partial charge in [-0.2, -0.15) is 0 Å². The number of nitrogens with zero attached hydrogens (tertiary/aromatic N) is 2. The van der Waals surface area contributed by atoms with Gasteiger partial charge in [0, 0.05) is 18.8 Å².